The topological polar surface area (TPSA) is 73.8 Å². The number of benzene rings is 1. The Bertz CT molecular complexity index is 436. The summed E-state index contributed by atoms with van der Waals surface area (Å²) in [4.78, 5) is 12.8. The van der Waals surface area contributed by atoms with Gasteiger partial charge in [0.25, 0.3) is 0 Å². The van der Waals surface area contributed by atoms with Crippen LogP contribution in [0, 0.1) is 0 Å². The fraction of sp³-hybridized carbons (Fsp3) is 0.500. The molecule has 0 saturated carbocycles. The Labute approximate surface area is 119 Å². The van der Waals surface area contributed by atoms with Crippen LogP contribution in [0.1, 0.15) is 12.5 Å². The molecule has 6 nitrogen and oxygen atoms in total. The minimum absolute atomic E-state index is 0.102. The molecular weight excluding hydrogens is 258 g/mol. The highest BCUT2D eigenvalue weighted by atomic mass is 16.5. The lowest BCUT2D eigenvalue weighted by Crippen LogP contribution is -2.38. The Kier molecular flexibility index (Phi) is 6.66. The fourth-order valence-electron chi connectivity index (χ4n) is 1.59. The van der Waals surface area contributed by atoms with E-state index in [0.29, 0.717) is 32.0 Å². The summed E-state index contributed by atoms with van der Waals surface area (Å²) in [5, 5.41) is 15.6. The second kappa shape index (κ2) is 8.27. The molecule has 3 N–H and O–H groups in total. The van der Waals surface area contributed by atoms with Crippen molar-refractivity contribution >= 4 is 6.03 Å². The lowest BCUT2D eigenvalue weighted by molar-refractivity contribution is 0.217. The van der Waals surface area contributed by atoms with E-state index in [1.165, 1.54) is 4.90 Å². The van der Waals surface area contributed by atoms with Gasteiger partial charge < -0.3 is 25.4 Å². The van der Waals surface area contributed by atoms with E-state index >= 15 is 0 Å². The number of phenols is 1. The van der Waals surface area contributed by atoms with Crippen molar-refractivity contribution in [2.24, 2.45) is 0 Å². The third-order valence-corrected chi connectivity index (χ3v) is 2.64. The first-order chi connectivity index (χ1) is 9.54. The van der Waals surface area contributed by atoms with Crippen molar-refractivity contribution < 1.29 is 14.6 Å². The summed E-state index contributed by atoms with van der Waals surface area (Å²) in [6.45, 7) is 4.27. The van der Waals surface area contributed by atoms with E-state index in [1.807, 2.05) is 19.1 Å². The number of amides is 2. The Balaban J connectivity index is 2.32. The quantitative estimate of drug-likeness (QED) is 0.656. The molecule has 1 aromatic carbocycles. The smallest absolute Gasteiger partial charge is 0.316 e. The molecule has 0 aliphatic carbocycles. The van der Waals surface area contributed by atoms with E-state index < -0.39 is 0 Å². The number of phenolic OH excluding ortho intramolecular Hbond substituents is 1. The van der Waals surface area contributed by atoms with Gasteiger partial charge in [-0.3, -0.25) is 0 Å². The predicted octanol–water partition coefficient (Wildman–Crippen LogP) is 1.15. The van der Waals surface area contributed by atoms with Gasteiger partial charge in [-0.05, 0) is 24.6 Å². The number of hydrogen-bond donors (Lipinski definition) is 3. The highest BCUT2D eigenvalue weighted by molar-refractivity contribution is 5.73. The van der Waals surface area contributed by atoms with Gasteiger partial charge in [-0.15, -0.1) is 0 Å². The van der Waals surface area contributed by atoms with Gasteiger partial charge in [0.1, 0.15) is 0 Å². The van der Waals surface area contributed by atoms with E-state index in [9.17, 15) is 9.90 Å². The SMILES string of the molecule is CCOc1cc(CNCCNC(=O)N(C)C)ccc1O. The van der Waals surface area contributed by atoms with Crippen LogP contribution in [0.15, 0.2) is 18.2 Å². The van der Waals surface area contributed by atoms with Gasteiger partial charge in [0.2, 0.25) is 0 Å². The average molecular weight is 281 g/mol. The van der Waals surface area contributed by atoms with Crippen molar-refractivity contribution in [3.8, 4) is 11.5 Å². The fourth-order valence-corrected chi connectivity index (χ4v) is 1.59. The van der Waals surface area contributed by atoms with Crippen LogP contribution < -0.4 is 15.4 Å². The van der Waals surface area contributed by atoms with Crippen LogP contribution in [0.25, 0.3) is 0 Å². The van der Waals surface area contributed by atoms with Crippen LogP contribution in [-0.2, 0) is 6.54 Å². The molecule has 0 aliphatic heterocycles. The molecule has 0 heterocycles. The number of rotatable bonds is 7. The third kappa shape index (κ3) is 5.36. The van der Waals surface area contributed by atoms with Crippen LogP contribution in [-0.4, -0.2) is 49.8 Å². The first-order valence-corrected chi connectivity index (χ1v) is 6.65. The summed E-state index contributed by atoms with van der Waals surface area (Å²) in [6.07, 6.45) is 0. The van der Waals surface area contributed by atoms with Gasteiger partial charge in [0.15, 0.2) is 11.5 Å². The molecule has 6 heteroatoms. The molecule has 0 fully saturated rings. The number of ether oxygens (including phenoxy) is 1. The number of carbonyl (C=O) groups is 1. The molecule has 0 atom stereocenters. The maximum absolute atomic E-state index is 11.3. The number of urea groups is 1. The van der Waals surface area contributed by atoms with Crippen LogP contribution >= 0.6 is 0 Å². The van der Waals surface area contributed by atoms with E-state index in [0.717, 1.165) is 5.56 Å². The van der Waals surface area contributed by atoms with Gasteiger partial charge >= 0.3 is 6.03 Å². The van der Waals surface area contributed by atoms with Crippen molar-refractivity contribution in [1.82, 2.24) is 15.5 Å². The molecule has 0 saturated heterocycles. The normalized spacial score (nSPS) is 10.2. The zero-order chi connectivity index (χ0) is 15.0. The number of hydrogen-bond acceptors (Lipinski definition) is 4. The van der Waals surface area contributed by atoms with Gasteiger partial charge in [-0.2, -0.15) is 0 Å². The minimum Gasteiger partial charge on any atom is -0.504 e. The van der Waals surface area contributed by atoms with Crippen LogP contribution in [0.3, 0.4) is 0 Å². The summed E-state index contributed by atoms with van der Waals surface area (Å²) in [6, 6.07) is 5.17. The van der Waals surface area contributed by atoms with Gasteiger partial charge in [-0.1, -0.05) is 6.07 Å². The second-order valence-electron chi connectivity index (χ2n) is 4.54. The highest BCUT2D eigenvalue weighted by Gasteiger charge is 2.04. The van der Waals surface area contributed by atoms with Crippen molar-refractivity contribution in [2.75, 3.05) is 33.8 Å². The molecule has 0 radical (unpaired) electrons. The van der Waals surface area contributed by atoms with Crippen molar-refractivity contribution in [3.63, 3.8) is 0 Å². The first-order valence-electron chi connectivity index (χ1n) is 6.65. The molecule has 0 aromatic heterocycles. The Morgan fingerprint density at radius 3 is 2.75 bits per heavy atom. The Morgan fingerprint density at radius 2 is 2.10 bits per heavy atom. The van der Waals surface area contributed by atoms with Crippen LogP contribution in [0.5, 0.6) is 11.5 Å². The van der Waals surface area contributed by atoms with Gasteiger partial charge in [-0.25, -0.2) is 4.79 Å². The third-order valence-electron chi connectivity index (χ3n) is 2.64. The maximum atomic E-state index is 11.3. The number of nitrogens with zero attached hydrogens (tertiary/aromatic N) is 1. The number of nitrogens with one attached hydrogen (secondary N) is 2. The molecule has 0 spiro atoms. The Hall–Kier alpha value is -1.95. The molecule has 0 unspecified atom stereocenters. The summed E-state index contributed by atoms with van der Waals surface area (Å²) in [7, 11) is 3.41. The maximum Gasteiger partial charge on any atom is 0.316 e. The van der Waals surface area contributed by atoms with Gasteiger partial charge in [0.05, 0.1) is 6.61 Å². The van der Waals surface area contributed by atoms with Crippen molar-refractivity contribution in [3.05, 3.63) is 23.8 Å². The molecule has 1 rings (SSSR count). The van der Waals surface area contributed by atoms with E-state index in [-0.39, 0.29) is 11.8 Å². The largest absolute Gasteiger partial charge is 0.504 e. The molecule has 112 valence electrons. The lowest BCUT2D eigenvalue weighted by Gasteiger charge is -2.12. The molecular formula is C14H23N3O3. The summed E-state index contributed by atoms with van der Waals surface area (Å²) in [5.41, 5.74) is 1.02. The number of aromatic hydroxyl groups is 1. The summed E-state index contributed by atoms with van der Waals surface area (Å²) in [5.74, 6) is 0.640. The average Bonchev–Trinajstić information content (AvgIpc) is 2.41. The van der Waals surface area contributed by atoms with Gasteiger partial charge in [0, 0.05) is 33.7 Å². The van der Waals surface area contributed by atoms with Crippen LogP contribution in [0.4, 0.5) is 4.79 Å². The Morgan fingerprint density at radius 1 is 1.35 bits per heavy atom. The van der Waals surface area contributed by atoms with E-state index in [4.69, 9.17) is 4.74 Å². The zero-order valence-corrected chi connectivity index (χ0v) is 12.3. The number of carbonyl (C=O) groups excluding carboxylic acids is 1. The highest BCUT2D eigenvalue weighted by Crippen LogP contribution is 2.26. The van der Waals surface area contributed by atoms with Crippen molar-refractivity contribution in [1.29, 1.82) is 0 Å². The first kappa shape index (κ1) is 16.1. The zero-order valence-electron chi connectivity index (χ0n) is 12.3. The lowest BCUT2D eigenvalue weighted by atomic mass is 10.2. The molecule has 1 aromatic rings. The van der Waals surface area contributed by atoms with E-state index in [1.54, 1.807) is 20.2 Å². The molecule has 2 amide bonds. The standard InChI is InChI=1S/C14H23N3O3/c1-4-20-13-9-11(5-6-12(13)18)10-15-7-8-16-14(19)17(2)3/h5-6,9,15,18H,4,7-8,10H2,1-3H3,(H,16,19). The predicted molar refractivity (Wildman–Crippen MR) is 78.1 cm³/mol. The molecule has 0 aliphatic rings. The van der Waals surface area contributed by atoms with Crippen molar-refractivity contribution in [2.45, 2.75) is 13.5 Å². The second-order valence-corrected chi connectivity index (χ2v) is 4.54. The summed E-state index contributed by atoms with van der Waals surface area (Å²) < 4.78 is 5.32. The van der Waals surface area contributed by atoms with E-state index in [2.05, 4.69) is 10.6 Å². The summed E-state index contributed by atoms with van der Waals surface area (Å²) >= 11 is 0. The molecule has 20 heavy (non-hydrogen) atoms. The minimum atomic E-state index is -0.102. The molecule has 0 bridgehead atoms. The monoisotopic (exact) mass is 281 g/mol. The van der Waals surface area contributed by atoms with Crippen LogP contribution in [0.2, 0.25) is 0 Å².